The summed E-state index contributed by atoms with van der Waals surface area (Å²) in [7, 11) is 2.80. The Hall–Kier alpha value is -2.08. The van der Waals surface area contributed by atoms with Gasteiger partial charge < -0.3 is 14.2 Å². The van der Waals surface area contributed by atoms with Crippen molar-refractivity contribution >= 4 is 17.7 Å². The molecule has 0 fully saturated rings. The predicted molar refractivity (Wildman–Crippen MR) is 64.6 cm³/mol. The first-order valence-electron chi connectivity index (χ1n) is 5.28. The Bertz CT molecular complexity index is 401. The van der Waals surface area contributed by atoms with Gasteiger partial charge in [0.2, 0.25) is 0 Å². The molecule has 0 unspecified atom stereocenters. The van der Waals surface area contributed by atoms with Gasteiger partial charge in [0, 0.05) is 12.8 Å². The van der Waals surface area contributed by atoms with Gasteiger partial charge in [0.25, 0.3) is 0 Å². The second kappa shape index (κ2) is 7.29. The number of methoxy groups -OCH3 is 2. The van der Waals surface area contributed by atoms with Crippen LogP contribution in [0.5, 0.6) is 0 Å². The predicted octanol–water partition coefficient (Wildman–Crippen LogP) is 1.67. The van der Waals surface area contributed by atoms with Gasteiger partial charge in [0.15, 0.2) is 0 Å². The summed E-state index contributed by atoms with van der Waals surface area (Å²) in [6.45, 7) is 0.561. The Morgan fingerprint density at radius 2 is 1.78 bits per heavy atom. The van der Waals surface area contributed by atoms with Crippen LogP contribution in [0.2, 0.25) is 0 Å². The number of carbonyl (C=O) groups excluding carboxylic acids is 2. The molecule has 0 aliphatic carbocycles. The largest absolute Gasteiger partial charge is 0.460 e. The highest BCUT2D eigenvalue weighted by Gasteiger charge is 2.07. The van der Waals surface area contributed by atoms with Crippen LogP contribution in [0.4, 0.5) is 10.5 Å². The lowest BCUT2D eigenvalue weighted by Crippen LogP contribution is -2.12. The zero-order chi connectivity index (χ0) is 13.4. The van der Waals surface area contributed by atoms with Gasteiger partial charge in [-0.25, -0.2) is 9.59 Å². The van der Waals surface area contributed by atoms with E-state index in [1.807, 2.05) is 0 Å². The molecule has 0 aromatic heterocycles. The molecule has 0 bridgehead atoms. The van der Waals surface area contributed by atoms with Crippen molar-refractivity contribution in [1.82, 2.24) is 0 Å². The Kier molecular flexibility index (Phi) is 5.66. The number of benzene rings is 1. The summed E-state index contributed by atoms with van der Waals surface area (Å²) in [5, 5.41) is 2.48. The first-order valence-corrected chi connectivity index (χ1v) is 5.28. The van der Waals surface area contributed by atoms with Crippen LogP contribution in [0.25, 0.3) is 0 Å². The number of nitrogens with one attached hydrogen (secondary N) is 1. The summed E-state index contributed by atoms with van der Waals surface area (Å²) < 4.78 is 14.1. The summed E-state index contributed by atoms with van der Waals surface area (Å²) in [6.07, 6.45) is -0.564. The molecule has 1 rings (SSSR count). The molecule has 0 atom stereocenters. The van der Waals surface area contributed by atoms with Gasteiger partial charge in [0.05, 0.1) is 19.3 Å². The van der Waals surface area contributed by atoms with Gasteiger partial charge in [-0.3, -0.25) is 5.32 Å². The first kappa shape index (κ1) is 14.0. The van der Waals surface area contributed by atoms with Crippen molar-refractivity contribution in [3.8, 4) is 0 Å². The summed E-state index contributed by atoms with van der Waals surface area (Å²) in [5.41, 5.74) is 0.941. The van der Waals surface area contributed by atoms with Crippen LogP contribution in [-0.2, 0) is 14.2 Å². The Balaban J connectivity index is 2.54. The van der Waals surface area contributed by atoms with Crippen LogP contribution in [0.1, 0.15) is 10.4 Å². The average molecular weight is 253 g/mol. The zero-order valence-electron chi connectivity index (χ0n) is 10.3. The zero-order valence-corrected chi connectivity index (χ0v) is 10.3. The van der Waals surface area contributed by atoms with Crippen LogP contribution < -0.4 is 5.32 Å². The molecular weight excluding hydrogens is 238 g/mol. The fraction of sp³-hybridized carbons (Fsp3) is 0.333. The molecule has 1 N–H and O–H groups in total. The summed E-state index contributed by atoms with van der Waals surface area (Å²) in [5.74, 6) is -0.434. The number of esters is 1. The van der Waals surface area contributed by atoms with E-state index in [0.29, 0.717) is 17.9 Å². The third kappa shape index (κ3) is 4.42. The highest BCUT2D eigenvalue weighted by molar-refractivity contribution is 5.91. The third-order valence-electron chi connectivity index (χ3n) is 2.07. The maximum Gasteiger partial charge on any atom is 0.411 e. The fourth-order valence-corrected chi connectivity index (χ4v) is 1.16. The van der Waals surface area contributed by atoms with E-state index in [1.54, 1.807) is 24.3 Å². The number of anilines is 1. The van der Waals surface area contributed by atoms with Crippen molar-refractivity contribution < 1.29 is 23.8 Å². The number of hydrogen-bond donors (Lipinski definition) is 1. The maximum atomic E-state index is 11.5. The van der Waals surface area contributed by atoms with Crippen molar-refractivity contribution in [2.24, 2.45) is 0 Å². The molecule has 0 aliphatic heterocycles. The van der Waals surface area contributed by atoms with Crippen LogP contribution >= 0.6 is 0 Å². The molecule has 1 aromatic rings. The minimum atomic E-state index is -0.564. The molecule has 1 amide bonds. The Morgan fingerprint density at radius 1 is 1.11 bits per heavy atom. The second-order valence-electron chi connectivity index (χ2n) is 3.32. The van der Waals surface area contributed by atoms with E-state index in [2.05, 4.69) is 10.1 Å². The average Bonchev–Trinajstić information content (AvgIpc) is 2.39. The summed E-state index contributed by atoms with van der Waals surface area (Å²) >= 11 is 0. The lowest BCUT2D eigenvalue weighted by molar-refractivity contribution is 0.0388. The lowest BCUT2D eigenvalue weighted by Gasteiger charge is -2.06. The molecule has 1 aromatic carbocycles. The van der Waals surface area contributed by atoms with Gasteiger partial charge >= 0.3 is 12.1 Å². The lowest BCUT2D eigenvalue weighted by atomic mass is 10.2. The Morgan fingerprint density at radius 3 is 2.33 bits per heavy atom. The van der Waals surface area contributed by atoms with Crippen molar-refractivity contribution in [3.63, 3.8) is 0 Å². The van der Waals surface area contributed by atoms with Crippen molar-refractivity contribution in [1.29, 1.82) is 0 Å². The van der Waals surface area contributed by atoms with E-state index in [4.69, 9.17) is 9.47 Å². The van der Waals surface area contributed by atoms with E-state index >= 15 is 0 Å². The smallest absolute Gasteiger partial charge is 0.411 e. The van der Waals surface area contributed by atoms with Gasteiger partial charge in [0.1, 0.15) is 6.61 Å². The molecule has 98 valence electrons. The molecule has 18 heavy (non-hydrogen) atoms. The molecular formula is C12H15NO5. The quantitative estimate of drug-likeness (QED) is 0.638. The molecule has 6 heteroatoms. The third-order valence-corrected chi connectivity index (χ3v) is 2.07. The molecule has 0 aliphatic rings. The highest BCUT2D eigenvalue weighted by atomic mass is 16.6. The van der Waals surface area contributed by atoms with Gasteiger partial charge in [-0.15, -0.1) is 0 Å². The summed E-state index contributed by atoms with van der Waals surface area (Å²) in [4.78, 5) is 22.5. The molecule has 0 saturated carbocycles. The molecule has 6 nitrogen and oxygen atoms in total. The number of rotatable bonds is 5. The minimum Gasteiger partial charge on any atom is -0.460 e. The van der Waals surface area contributed by atoms with Crippen molar-refractivity contribution in [2.75, 3.05) is 32.8 Å². The second-order valence-corrected chi connectivity index (χ2v) is 3.32. The monoisotopic (exact) mass is 253 g/mol. The standard InChI is InChI=1S/C12H15NO5/c1-16-7-8-18-11(14)9-3-5-10(6-4-9)13-12(15)17-2/h3-6H,7-8H2,1-2H3,(H,13,15). The van der Waals surface area contributed by atoms with Crippen molar-refractivity contribution in [2.45, 2.75) is 0 Å². The van der Waals surface area contributed by atoms with Crippen LogP contribution in [-0.4, -0.2) is 39.5 Å². The number of amides is 1. The number of carbonyl (C=O) groups is 2. The minimum absolute atomic E-state index is 0.206. The Labute approximate surface area is 105 Å². The molecule has 0 saturated heterocycles. The first-order chi connectivity index (χ1) is 8.67. The maximum absolute atomic E-state index is 11.5. The number of ether oxygens (including phenoxy) is 3. The fourth-order valence-electron chi connectivity index (χ4n) is 1.16. The van der Waals surface area contributed by atoms with E-state index in [9.17, 15) is 9.59 Å². The van der Waals surface area contributed by atoms with Crippen LogP contribution in [0, 0.1) is 0 Å². The highest BCUT2D eigenvalue weighted by Crippen LogP contribution is 2.10. The van der Waals surface area contributed by atoms with E-state index in [0.717, 1.165) is 0 Å². The van der Waals surface area contributed by atoms with Gasteiger partial charge in [-0.2, -0.15) is 0 Å². The van der Waals surface area contributed by atoms with Crippen LogP contribution in [0.3, 0.4) is 0 Å². The van der Waals surface area contributed by atoms with E-state index in [-0.39, 0.29) is 6.61 Å². The topological polar surface area (TPSA) is 73.9 Å². The van der Waals surface area contributed by atoms with Gasteiger partial charge in [-0.05, 0) is 24.3 Å². The van der Waals surface area contributed by atoms with E-state index in [1.165, 1.54) is 14.2 Å². The van der Waals surface area contributed by atoms with E-state index < -0.39 is 12.1 Å². The van der Waals surface area contributed by atoms with Crippen molar-refractivity contribution in [3.05, 3.63) is 29.8 Å². The molecule has 0 spiro atoms. The number of hydrogen-bond acceptors (Lipinski definition) is 5. The van der Waals surface area contributed by atoms with Gasteiger partial charge in [-0.1, -0.05) is 0 Å². The summed E-state index contributed by atoms with van der Waals surface area (Å²) in [6, 6.07) is 6.29. The molecule has 0 heterocycles. The normalized spacial score (nSPS) is 9.67. The SMILES string of the molecule is COCCOC(=O)c1ccc(NC(=O)OC)cc1. The molecule has 0 radical (unpaired) electrons. The van der Waals surface area contributed by atoms with Crippen LogP contribution in [0.15, 0.2) is 24.3 Å².